The second-order valence-electron chi connectivity index (χ2n) is 8.24. The summed E-state index contributed by atoms with van der Waals surface area (Å²) in [6, 6.07) is 10.3. The molecule has 0 saturated carbocycles. The Morgan fingerprint density at radius 2 is 2.03 bits per heavy atom. The predicted octanol–water partition coefficient (Wildman–Crippen LogP) is 3.00. The van der Waals surface area contributed by atoms with Gasteiger partial charge in [0.15, 0.2) is 0 Å². The van der Waals surface area contributed by atoms with Gasteiger partial charge >= 0.3 is 0 Å². The van der Waals surface area contributed by atoms with Crippen LogP contribution in [0.3, 0.4) is 0 Å². The first kappa shape index (κ1) is 19.9. The Morgan fingerprint density at radius 3 is 2.81 bits per heavy atom. The van der Waals surface area contributed by atoms with Gasteiger partial charge in [-0.2, -0.15) is 0 Å². The summed E-state index contributed by atoms with van der Waals surface area (Å²) in [5, 5.41) is 4.44. The average Bonchev–Trinajstić information content (AvgIpc) is 2.80. The topological polar surface area (TPSA) is 73.5 Å². The fraction of sp³-hybridized carbons (Fsp3) is 0.417. The molecular formula is C24H29N5O2. The summed E-state index contributed by atoms with van der Waals surface area (Å²) in [6.45, 7) is 8.17. The highest BCUT2D eigenvalue weighted by atomic mass is 16.5. The lowest BCUT2D eigenvalue weighted by Gasteiger charge is -2.35. The molecule has 0 spiro atoms. The number of fused-ring (bicyclic) bond motifs is 3. The maximum Gasteiger partial charge on any atom is 0.253 e. The van der Waals surface area contributed by atoms with E-state index in [1.165, 1.54) is 0 Å². The Hall–Kier alpha value is -3.06. The third kappa shape index (κ3) is 3.97. The molecule has 1 aromatic carbocycles. The van der Waals surface area contributed by atoms with Crippen LogP contribution in [0.15, 0.2) is 41.3 Å². The van der Waals surface area contributed by atoms with Gasteiger partial charge in [-0.15, -0.1) is 0 Å². The van der Waals surface area contributed by atoms with Crippen molar-refractivity contribution in [3.63, 3.8) is 0 Å². The van der Waals surface area contributed by atoms with E-state index in [1.807, 2.05) is 25.3 Å². The van der Waals surface area contributed by atoms with Crippen molar-refractivity contribution in [3.05, 3.63) is 58.0 Å². The Labute approximate surface area is 182 Å². The van der Waals surface area contributed by atoms with E-state index in [9.17, 15) is 4.79 Å². The van der Waals surface area contributed by atoms with E-state index in [-0.39, 0.29) is 5.56 Å². The summed E-state index contributed by atoms with van der Waals surface area (Å²) in [5.74, 6) is 1.89. The molecule has 4 heterocycles. The van der Waals surface area contributed by atoms with Gasteiger partial charge in [-0.25, -0.2) is 4.98 Å². The van der Waals surface area contributed by atoms with Crippen molar-refractivity contribution in [1.82, 2.24) is 14.9 Å². The van der Waals surface area contributed by atoms with Crippen LogP contribution in [0.4, 0.5) is 11.5 Å². The van der Waals surface area contributed by atoms with Gasteiger partial charge in [0.25, 0.3) is 5.56 Å². The molecule has 5 rings (SSSR count). The molecule has 2 aliphatic heterocycles. The number of pyridine rings is 2. The minimum Gasteiger partial charge on any atom is -0.493 e. The molecule has 162 valence electrons. The highest BCUT2D eigenvalue weighted by molar-refractivity contribution is 5.98. The number of piperazine rings is 1. The zero-order valence-electron chi connectivity index (χ0n) is 18.0. The molecule has 0 radical (unpaired) electrons. The molecule has 7 nitrogen and oxygen atoms in total. The molecule has 2 N–H and O–H groups in total. The molecule has 0 unspecified atom stereocenters. The van der Waals surface area contributed by atoms with Crippen LogP contribution in [0, 0.1) is 0 Å². The van der Waals surface area contributed by atoms with E-state index in [0.29, 0.717) is 6.61 Å². The van der Waals surface area contributed by atoms with Gasteiger partial charge in [-0.05, 0) is 49.6 Å². The van der Waals surface area contributed by atoms with E-state index in [0.717, 1.165) is 91.4 Å². The smallest absolute Gasteiger partial charge is 0.253 e. The van der Waals surface area contributed by atoms with E-state index >= 15 is 0 Å². The van der Waals surface area contributed by atoms with Crippen molar-refractivity contribution in [2.24, 2.45) is 0 Å². The number of rotatable bonds is 5. The molecule has 3 aromatic rings. The van der Waals surface area contributed by atoms with Crippen molar-refractivity contribution in [2.75, 3.05) is 49.5 Å². The molecule has 0 atom stereocenters. The molecule has 0 aliphatic carbocycles. The Morgan fingerprint density at radius 1 is 1.16 bits per heavy atom. The number of aromatic nitrogens is 2. The number of nitrogens with one attached hydrogen (secondary N) is 2. The number of aromatic amines is 1. The maximum absolute atomic E-state index is 12.7. The van der Waals surface area contributed by atoms with Gasteiger partial charge in [0.2, 0.25) is 0 Å². The van der Waals surface area contributed by atoms with Crippen LogP contribution in [0.1, 0.15) is 24.5 Å². The fourth-order valence-corrected chi connectivity index (χ4v) is 4.70. The number of H-pyrrole nitrogens is 1. The SMILES string of the molecule is CCOc1cc(CN2CCN(c3ccccn3)CC2)cc2[nH]c(=O)c3c(c12)NCCC3. The minimum atomic E-state index is 0.0123. The molecule has 0 bridgehead atoms. The number of benzene rings is 1. The van der Waals surface area contributed by atoms with Crippen LogP contribution >= 0.6 is 0 Å². The molecule has 31 heavy (non-hydrogen) atoms. The minimum absolute atomic E-state index is 0.0123. The van der Waals surface area contributed by atoms with Crippen molar-refractivity contribution in [3.8, 4) is 5.75 Å². The molecule has 2 aromatic heterocycles. The molecule has 7 heteroatoms. The third-order valence-electron chi connectivity index (χ3n) is 6.19. The second-order valence-corrected chi connectivity index (χ2v) is 8.24. The van der Waals surface area contributed by atoms with Crippen molar-refractivity contribution in [2.45, 2.75) is 26.3 Å². The average molecular weight is 420 g/mol. The number of ether oxygens (including phenoxy) is 1. The first-order valence-electron chi connectivity index (χ1n) is 11.2. The van der Waals surface area contributed by atoms with Crippen LogP contribution < -0.4 is 20.5 Å². The van der Waals surface area contributed by atoms with Crippen LogP contribution in [-0.4, -0.2) is 54.2 Å². The zero-order valence-corrected chi connectivity index (χ0v) is 18.0. The zero-order chi connectivity index (χ0) is 21.2. The number of anilines is 2. The second kappa shape index (κ2) is 8.59. The number of hydrogen-bond acceptors (Lipinski definition) is 6. The lowest BCUT2D eigenvalue weighted by Crippen LogP contribution is -2.46. The summed E-state index contributed by atoms with van der Waals surface area (Å²) < 4.78 is 6.03. The largest absolute Gasteiger partial charge is 0.493 e. The summed E-state index contributed by atoms with van der Waals surface area (Å²) in [5.41, 5.74) is 3.82. The summed E-state index contributed by atoms with van der Waals surface area (Å²) in [7, 11) is 0. The van der Waals surface area contributed by atoms with Gasteiger partial charge in [0.05, 0.1) is 23.2 Å². The lowest BCUT2D eigenvalue weighted by atomic mass is 9.99. The van der Waals surface area contributed by atoms with E-state index in [1.54, 1.807) is 0 Å². The molecule has 2 aliphatic rings. The fourth-order valence-electron chi connectivity index (χ4n) is 4.70. The van der Waals surface area contributed by atoms with Crippen molar-refractivity contribution < 1.29 is 4.74 Å². The lowest BCUT2D eigenvalue weighted by molar-refractivity contribution is 0.249. The van der Waals surface area contributed by atoms with Crippen molar-refractivity contribution >= 4 is 22.4 Å². The van der Waals surface area contributed by atoms with Crippen molar-refractivity contribution in [1.29, 1.82) is 0 Å². The van der Waals surface area contributed by atoms with Gasteiger partial charge in [0, 0.05) is 51.0 Å². The Bertz CT molecular complexity index is 1120. The first-order chi connectivity index (χ1) is 15.2. The highest BCUT2D eigenvalue weighted by Gasteiger charge is 2.22. The van der Waals surface area contributed by atoms with Crippen LogP contribution in [0.25, 0.3) is 10.9 Å². The third-order valence-corrected chi connectivity index (χ3v) is 6.19. The number of hydrogen-bond donors (Lipinski definition) is 2. The van der Waals surface area contributed by atoms with Gasteiger partial charge in [-0.1, -0.05) is 6.07 Å². The van der Waals surface area contributed by atoms with Crippen LogP contribution in [0.5, 0.6) is 5.75 Å². The van der Waals surface area contributed by atoms with E-state index in [4.69, 9.17) is 4.74 Å². The summed E-state index contributed by atoms with van der Waals surface area (Å²) in [4.78, 5) is 25.0. The quantitative estimate of drug-likeness (QED) is 0.662. The molecule has 0 amide bonds. The first-order valence-corrected chi connectivity index (χ1v) is 11.2. The monoisotopic (exact) mass is 419 g/mol. The Balaban J connectivity index is 1.40. The maximum atomic E-state index is 12.7. The van der Waals surface area contributed by atoms with E-state index < -0.39 is 0 Å². The predicted molar refractivity (Wildman–Crippen MR) is 124 cm³/mol. The van der Waals surface area contributed by atoms with Gasteiger partial charge in [0.1, 0.15) is 11.6 Å². The van der Waals surface area contributed by atoms with Crippen LogP contribution in [-0.2, 0) is 13.0 Å². The number of nitrogens with zero attached hydrogens (tertiary/aromatic N) is 3. The summed E-state index contributed by atoms with van der Waals surface area (Å²) >= 11 is 0. The van der Waals surface area contributed by atoms with Gasteiger partial charge < -0.3 is 19.9 Å². The molecule has 1 saturated heterocycles. The van der Waals surface area contributed by atoms with Gasteiger partial charge in [-0.3, -0.25) is 9.69 Å². The van der Waals surface area contributed by atoms with E-state index in [2.05, 4.69) is 43.3 Å². The Kier molecular flexibility index (Phi) is 5.51. The molecular weight excluding hydrogens is 390 g/mol. The normalized spacial score (nSPS) is 16.7. The standard InChI is InChI=1S/C24H29N5O2/c1-2-31-20-15-17(14-19-22(20)23-18(24(30)27-19)6-5-9-26-23)16-28-10-12-29(13-11-28)21-7-3-4-8-25-21/h3-4,7-8,14-15,26H,2,5-6,9-13,16H2,1H3,(H,27,30). The van der Waals surface area contributed by atoms with Crippen LogP contribution in [0.2, 0.25) is 0 Å². The highest BCUT2D eigenvalue weighted by Crippen LogP contribution is 2.36. The summed E-state index contributed by atoms with van der Waals surface area (Å²) in [6.07, 6.45) is 3.63. The molecule has 1 fully saturated rings.